The lowest BCUT2D eigenvalue weighted by Gasteiger charge is -2.39. The summed E-state index contributed by atoms with van der Waals surface area (Å²) in [6.45, 7) is -0.619. The summed E-state index contributed by atoms with van der Waals surface area (Å²) in [5, 5.41) is 59.0. The molecule has 4 rings (SSSR count). The predicted octanol–water partition coefficient (Wildman–Crippen LogP) is -0.0170. The van der Waals surface area contributed by atoms with Crippen LogP contribution in [0.4, 0.5) is 0 Å². The molecule has 0 aliphatic carbocycles. The first-order chi connectivity index (χ1) is 14.8. The highest BCUT2D eigenvalue weighted by Gasteiger charge is 2.45. The van der Waals surface area contributed by atoms with E-state index in [0.717, 1.165) is 6.07 Å². The van der Waals surface area contributed by atoms with Crippen LogP contribution >= 0.6 is 0 Å². The molecule has 2 aliphatic heterocycles. The first-order valence-electron chi connectivity index (χ1n) is 9.61. The highest BCUT2D eigenvalue weighted by molar-refractivity contribution is 6.02. The Morgan fingerprint density at radius 1 is 1.00 bits per heavy atom. The number of Topliss-reactive ketones (excluding diaryl/α,β-unsaturated/α-hetero) is 1. The molecule has 1 fully saturated rings. The summed E-state index contributed by atoms with van der Waals surface area (Å²) < 4.78 is 16.7. The van der Waals surface area contributed by atoms with Gasteiger partial charge in [0.2, 0.25) is 6.29 Å². The Morgan fingerprint density at radius 2 is 1.71 bits per heavy atom. The number of hydrogen-bond acceptors (Lipinski definition) is 10. The molecular weight excluding hydrogens is 412 g/mol. The van der Waals surface area contributed by atoms with Gasteiger partial charge in [-0.25, -0.2) is 0 Å². The van der Waals surface area contributed by atoms with Crippen molar-refractivity contribution in [3.05, 3.63) is 47.5 Å². The molecule has 31 heavy (non-hydrogen) atoms. The molecule has 4 unspecified atom stereocenters. The molecule has 10 heteroatoms. The first-order valence-corrected chi connectivity index (χ1v) is 9.61. The third-order valence-corrected chi connectivity index (χ3v) is 5.34. The number of phenols is 2. The van der Waals surface area contributed by atoms with Gasteiger partial charge in [0.15, 0.2) is 5.78 Å². The zero-order chi connectivity index (χ0) is 22.3. The lowest BCUT2D eigenvalue weighted by atomic mass is 9.95. The number of carbonyl (C=O) groups is 1. The first kappa shape index (κ1) is 21.3. The third-order valence-electron chi connectivity index (χ3n) is 5.34. The van der Waals surface area contributed by atoms with E-state index in [1.54, 1.807) is 12.1 Å². The molecule has 10 nitrogen and oxygen atoms in total. The van der Waals surface area contributed by atoms with E-state index in [9.17, 15) is 35.4 Å². The molecule has 0 spiro atoms. The molecule has 0 amide bonds. The Balaban J connectivity index is 1.59. The van der Waals surface area contributed by atoms with Crippen LogP contribution in [0.5, 0.6) is 23.0 Å². The molecule has 2 aromatic rings. The van der Waals surface area contributed by atoms with Crippen LogP contribution in [0, 0.1) is 0 Å². The van der Waals surface area contributed by atoms with Crippen molar-refractivity contribution in [2.45, 2.75) is 43.2 Å². The zero-order valence-corrected chi connectivity index (χ0v) is 16.2. The molecule has 2 aliphatic rings. The van der Waals surface area contributed by atoms with Crippen LogP contribution in [0.1, 0.15) is 28.4 Å². The number of aliphatic hydroxyl groups excluding tert-OH is 4. The van der Waals surface area contributed by atoms with Crippen molar-refractivity contribution in [2.24, 2.45) is 0 Å². The topological polar surface area (TPSA) is 166 Å². The average Bonchev–Trinajstić information content (AvgIpc) is 2.74. The Hall–Kier alpha value is -2.89. The van der Waals surface area contributed by atoms with Crippen LogP contribution in [-0.2, 0) is 4.74 Å². The maximum absolute atomic E-state index is 12.6. The number of phenolic OH excluding ortho intramolecular Hbond substituents is 2. The third kappa shape index (κ3) is 4.03. The highest BCUT2D eigenvalue weighted by atomic mass is 16.7. The van der Waals surface area contributed by atoms with Gasteiger partial charge in [0.05, 0.1) is 13.0 Å². The molecule has 1 saturated heterocycles. The molecule has 0 saturated carbocycles. The fourth-order valence-corrected chi connectivity index (χ4v) is 3.66. The van der Waals surface area contributed by atoms with Crippen molar-refractivity contribution in [2.75, 3.05) is 6.61 Å². The van der Waals surface area contributed by atoms with E-state index in [-0.39, 0.29) is 35.0 Å². The monoisotopic (exact) mass is 434 g/mol. The van der Waals surface area contributed by atoms with Gasteiger partial charge < -0.3 is 44.8 Å². The Labute approximate surface area is 176 Å². The van der Waals surface area contributed by atoms with Crippen LogP contribution in [0.3, 0.4) is 0 Å². The number of rotatable bonds is 4. The van der Waals surface area contributed by atoms with Gasteiger partial charge in [-0.1, -0.05) is 12.1 Å². The minimum Gasteiger partial charge on any atom is -0.508 e. The van der Waals surface area contributed by atoms with Gasteiger partial charge in [0.25, 0.3) is 0 Å². The predicted molar refractivity (Wildman–Crippen MR) is 103 cm³/mol. The summed E-state index contributed by atoms with van der Waals surface area (Å²) in [5.74, 6) is -0.657. The molecule has 0 aromatic heterocycles. The van der Waals surface area contributed by atoms with Gasteiger partial charge in [-0.2, -0.15) is 0 Å². The number of carbonyl (C=O) groups excluding carboxylic acids is 1. The minimum absolute atomic E-state index is 0.0156. The molecular formula is C21H22O10. The Kier molecular flexibility index (Phi) is 5.73. The molecule has 166 valence electrons. The van der Waals surface area contributed by atoms with Crippen LogP contribution in [0.2, 0.25) is 0 Å². The maximum atomic E-state index is 12.6. The second kappa shape index (κ2) is 8.33. The van der Waals surface area contributed by atoms with Gasteiger partial charge in [-0.05, 0) is 17.7 Å². The quantitative estimate of drug-likeness (QED) is 0.385. The summed E-state index contributed by atoms with van der Waals surface area (Å²) in [6.07, 6.45) is -8.09. The van der Waals surface area contributed by atoms with E-state index in [4.69, 9.17) is 14.2 Å². The van der Waals surface area contributed by atoms with Crippen molar-refractivity contribution in [3.63, 3.8) is 0 Å². The van der Waals surface area contributed by atoms with Crippen molar-refractivity contribution in [1.29, 1.82) is 0 Å². The summed E-state index contributed by atoms with van der Waals surface area (Å²) in [4.78, 5) is 12.6. The highest BCUT2D eigenvalue weighted by Crippen LogP contribution is 2.42. The van der Waals surface area contributed by atoms with E-state index >= 15 is 0 Å². The lowest BCUT2D eigenvalue weighted by Crippen LogP contribution is -2.60. The number of aliphatic hydroxyl groups is 4. The maximum Gasteiger partial charge on any atom is 0.229 e. The molecule has 2 aromatic carbocycles. The number of hydrogen-bond donors (Lipinski definition) is 6. The smallest absolute Gasteiger partial charge is 0.229 e. The second-order valence-electron chi connectivity index (χ2n) is 7.46. The molecule has 6 N–H and O–H groups in total. The van der Waals surface area contributed by atoms with Gasteiger partial charge in [0.1, 0.15) is 59.1 Å². The summed E-state index contributed by atoms with van der Waals surface area (Å²) in [6, 6.07) is 8.64. The van der Waals surface area contributed by atoms with E-state index in [2.05, 4.69) is 0 Å². The van der Waals surface area contributed by atoms with Crippen molar-refractivity contribution < 1.29 is 49.6 Å². The number of aromatic hydroxyl groups is 2. The average molecular weight is 434 g/mol. The summed E-state index contributed by atoms with van der Waals surface area (Å²) >= 11 is 0. The molecule has 6 atom stereocenters. The Morgan fingerprint density at radius 3 is 2.39 bits per heavy atom. The van der Waals surface area contributed by atoms with Crippen LogP contribution in [-0.4, -0.2) is 73.7 Å². The fourth-order valence-electron chi connectivity index (χ4n) is 3.66. The zero-order valence-electron chi connectivity index (χ0n) is 16.2. The van der Waals surface area contributed by atoms with E-state index < -0.39 is 49.2 Å². The summed E-state index contributed by atoms with van der Waals surface area (Å²) in [7, 11) is 0. The SMILES string of the molecule is O=C1CC(c2ccc(O)cc2)Oc2cc(O[C@@H]3OC(CO)[C@H](O)C(O)C3O)cc(O)c21. The molecule has 0 radical (unpaired) electrons. The van der Waals surface area contributed by atoms with E-state index in [1.807, 2.05) is 0 Å². The fraction of sp³-hybridized carbons (Fsp3) is 0.381. The van der Waals surface area contributed by atoms with Gasteiger partial charge >= 0.3 is 0 Å². The standard InChI is InChI=1S/C21H22O10/c22-8-16-18(26)19(27)20(28)21(31-16)29-11-5-12(24)17-13(25)7-14(30-15(17)6-11)9-1-3-10(23)4-2-9/h1-6,14,16,18-24,26-28H,7-8H2/t14?,16?,18-,19?,20?,21+/m0/s1. The second-order valence-corrected chi connectivity index (χ2v) is 7.46. The van der Waals surface area contributed by atoms with Crippen molar-refractivity contribution in [1.82, 2.24) is 0 Å². The number of ketones is 1. The van der Waals surface area contributed by atoms with E-state index in [0.29, 0.717) is 5.56 Å². The van der Waals surface area contributed by atoms with Crippen LogP contribution in [0.15, 0.2) is 36.4 Å². The molecule has 0 bridgehead atoms. The van der Waals surface area contributed by atoms with Crippen LogP contribution < -0.4 is 9.47 Å². The van der Waals surface area contributed by atoms with E-state index in [1.165, 1.54) is 18.2 Å². The Bertz CT molecular complexity index is 957. The van der Waals surface area contributed by atoms with Crippen LogP contribution in [0.25, 0.3) is 0 Å². The van der Waals surface area contributed by atoms with Gasteiger partial charge in [0, 0.05) is 12.1 Å². The summed E-state index contributed by atoms with van der Waals surface area (Å²) in [5.41, 5.74) is 0.632. The van der Waals surface area contributed by atoms with Crippen molar-refractivity contribution >= 4 is 5.78 Å². The number of fused-ring (bicyclic) bond motifs is 1. The molecule has 2 heterocycles. The van der Waals surface area contributed by atoms with Gasteiger partial charge in [-0.15, -0.1) is 0 Å². The number of ether oxygens (including phenoxy) is 3. The normalized spacial score (nSPS) is 30.4. The largest absolute Gasteiger partial charge is 0.508 e. The lowest BCUT2D eigenvalue weighted by molar-refractivity contribution is -0.277. The number of benzene rings is 2. The minimum atomic E-state index is -1.64. The van der Waals surface area contributed by atoms with Crippen molar-refractivity contribution in [3.8, 4) is 23.0 Å². The van der Waals surface area contributed by atoms with Gasteiger partial charge in [-0.3, -0.25) is 4.79 Å².